The van der Waals surface area contributed by atoms with E-state index in [0.717, 1.165) is 83.9 Å². The van der Waals surface area contributed by atoms with Gasteiger partial charge in [-0.1, -0.05) is 243 Å². The molecule has 23 rings (SSSR count). The van der Waals surface area contributed by atoms with Crippen LogP contribution >= 0.6 is 11.3 Å². The van der Waals surface area contributed by atoms with E-state index in [0.29, 0.717) is 5.82 Å². The molecule has 0 N–H and O–H groups in total. The third-order valence-electron chi connectivity index (χ3n) is 21.7. The summed E-state index contributed by atoms with van der Waals surface area (Å²) < 4.78 is 9.71. The fourth-order valence-electron chi connectivity index (χ4n) is 16.9. The lowest BCUT2D eigenvalue weighted by molar-refractivity contribution is 1.17. The molecule has 0 spiro atoms. The first kappa shape index (κ1) is 59.7. The van der Waals surface area contributed by atoms with Crippen molar-refractivity contribution >= 4 is 162 Å². The minimum atomic E-state index is 0.702. The van der Waals surface area contributed by atoms with Gasteiger partial charge in [0.05, 0.1) is 55.5 Å². The van der Waals surface area contributed by atoms with E-state index in [4.69, 9.17) is 19.9 Å². The van der Waals surface area contributed by atoms with Gasteiger partial charge in [-0.15, -0.1) is 11.3 Å². The Kier molecular flexibility index (Phi) is 13.4. The smallest absolute Gasteiger partial charge is 0.160 e. The van der Waals surface area contributed by atoms with Gasteiger partial charge >= 0.3 is 0 Å². The van der Waals surface area contributed by atoms with Crippen LogP contribution in [0.4, 0.5) is 0 Å². The molecule has 0 saturated carbocycles. The number of thiophene rings is 1. The minimum absolute atomic E-state index is 0.702. The van der Waals surface area contributed by atoms with Gasteiger partial charge in [-0.05, 0) is 158 Å². The van der Waals surface area contributed by atoms with E-state index < -0.39 is 0 Å². The van der Waals surface area contributed by atoms with Crippen LogP contribution < -0.4 is 0 Å². The summed E-state index contributed by atoms with van der Waals surface area (Å²) in [6, 6.07) is 128. The van der Waals surface area contributed by atoms with Crippen molar-refractivity contribution in [2.24, 2.45) is 0 Å². The first-order chi connectivity index (χ1) is 52.6. The van der Waals surface area contributed by atoms with Gasteiger partial charge < -0.3 is 13.7 Å². The Morgan fingerprint density at radius 1 is 0.217 bits per heavy atom. The van der Waals surface area contributed by atoms with Gasteiger partial charge in [-0.2, -0.15) is 0 Å². The second-order valence-electron chi connectivity index (χ2n) is 27.5. The molecule has 0 aliphatic carbocycles. The summed E-state index contributed by atoms with van der Waals surface area (Å²) in [5.74, 6) is 1.43. The molecule has 17 aromatic carbocycles. The number of hydrogen-bond donors (Lipinski definition) is 0. The number of fused-ring (bicyclic) bond motifs is 22. The van der Waals surface area contributed by atoms with Gasteiger partial charge in [0.25, 0.3) is 0 Å². The molecule has 0 fully saturated rings. The lowest BCUT2D eigenvalue weighted by Gasteiger charge is -2.12. The SMILES string of the molecule is c1ccc(-n2c3ccccc3c3ccc(-c4nc(-c5ccc(-n6c7ccc8ccccc8c7c7c8ccccc8ccc76)cc5)nc5ccccc45)cc32)cc1.c1ccc2c(c1)ccc1c2c2c3ccccc3ccc2n1-c1ccc(-c2nc(-c3cccc4c3sc3ccccc34)c3ccccc3n2)cc1. The van der Waals surface area contributed by atoms with E-state index in [9.17, 15) is 0 Å². The van der Waals surface area contributed by atoms with Gasteiger partial charge in [-0.3, -0.25) is 0 Å². The topological polar surface area (TPSA) is 66.3 Å². The number of aromatic nitrogens is 7. The van der Waals surface area contributed by atoms with E-state index in [1.165, 1.54) is 123 Å². The van der Waals surface area contributed by atoms with E-state index in [-0.39, 0.29) is 0 Å². The molecular weight excluding hydrogens is 1310 g/mol. The van der Waals surface area contributed by atoms with Crippen molar-refractivity contribution in [1.29, 1.82) is 0 Å². The van der Waals surface area contributed by atoms with Crippen molar-refractivity contribution in [1.82, 2.24) is 33.6 Å². The highest BCUT2D eigenvalue weighted by Crippen LogP contribution is 2.46. The monoisotopic (exact) mass is 1370 g/mol. The Balaban J connectivity index is 0.000000133. The summed E-state index contributed by atoms with van der Waals surface area (Å²) in [5.41, 5.74) is 18.3. The van der Waals surface area contributed by atoms with Crippen LogP contribution in [0.2, 0.25) is 0 Å². The van der Waals surface area contributed by atoms with Gasteiger partial charge in [-0.25, -0.2) is 19.9 Å². The van der Waals surface area contributed by atoms with Crippen LogP contribution in [0.25, 0.3) is 213 Å². The molecule has 6 heterocycles. The summed E-state index contributed by atoms with van der Waals surface area (Å²) in [5, 5.41) is 22.3. The summed E-state index contributed by atoms with van der Waals surface area (Å²) >= 11 is 1.83. The number of hydrogen-bond acceptors (Lipinski definition) is 5. The van der Waals surface area contributed by atoms with Crippen molar-refractivity contribution < 1.29 is 0 Å². The van der Waals surface area contributed by atoms with Gasteiger partial charge in [0.2, 0.25) is 0 Å². The van der Waals surface area contributed by atoms with Gasteiger partial charge in [0.15, 0.2) is 11.6 Å². The van der Waals surface area contributed by atoms with Crippen LogP contribution in [0.1, 0.15) is 0 Å². The lowest BCUT2D eigenvalue weighted by Crippen LogP contribution is -1.97. The second-order valence-corrected chi connectivity index (χ2v) is 28.6. The number of para-hydroxylation sites is 4. The average Bonchev–Trinajstić information content (AvgIpc) is 1.56. The zero-order chi connectivity index (χ0) is 69.5. The maximum atomic E-state index is 5.34. The zero-order valence-electron chi connectivity index (χ0n) is 57.1. The highest BCUT2D eigenvalue weighted by molar-refractivity contribution is 7.26. The van der Waals surface area contributed by atoms with Crippen LogP contribution in [-0.4, -0.2) is 33.6 Å². The Morgan fingerprint density at radius 2 is 0.594 bits per heavy atom. The summed E-state index contributed by atoms with van der Waals surface area (Å²) in [6.45, 7) is 0. The third-order valence-corrected chi connectivity index (χ3v) is 22.9. The molecule has 7 nitrogen and oxygen atoms in total. The van der Waals surface area contributed by atoms with E-state index >= 15 is 0 Å². The Bertz CT molecular complexity index is 7390. The average molecular weight is 1370 g/mol. The van der Waals surface area contributed by atoms with Crippen LogP contribution in [0, 0.1) is 0 Å². The summed E-state index contributed by atoms with van der Waals surface area (Å²) in [7, 11) is 0. The predicted octanol–water partition coefficient (Wildman–Crippen LogP) is 26.2. The largest absolute Gasteiger partial charge is 0.309 e. The molecule has 492 valence electrons. The van der Waals surface area contributed by atoms with Crippen molar-refractivity contribution in [2.75, 3.05) is 0 Å². The van der Waals surface area contributed by atoms with Crippen molar-refractivity contribution in [3.8, 4) is 62.4 Å². The Hall–Kier alpha value is -13.9. The molecule has 0 bridgehead atoms. The Morgan fingerprint density at radius 3 is 1.11 bits per heavy atom. The molecule has 23 aromatic rings. The number of benzene rings is 17. The fraction of sp³-hybridized carbons (Fsp3) is 0. The van der Waals surface area contributed by atoms with Crippen LogP contribution in [0.15, 0.2) is 358 Å². The van der Waals surface area contributed by atoms with Gasteiger partial charge in [0, 0.05) is 103 Å². The summed E-state index contributed by atoms with van der Waals surface area (Å²) in [6.07, 6.45) is 0. The van der Waals surface area contributed by atoms with Crippen LogP contribution in [0.3, 0.4) is 0 Å². The summed E-state index contributed by atoms with van der Waals surface area (Å²) in [4.78, 5) is 20.9. The van der Waals surface area contributed by atoms with E-state index in [1.807, 2.05) is 11.3 Å². The van der Waals surface area contributed by atoms with Crippen molar-refractivity contribution in [3.05, 3.63) is 358 Å². The van der Waals surface area contributed by atoms with Crippen molar-refractivity contribution in [2.45, 2.75) is 0 Å². The molecular formula is C98H59N7S. The number of rotatable bonds is 7. The Labute approximate surface area is 611 Å². The third kappa shape index (κ3) is 9.31. The molecule has 0 aliphatic rings. The second kappa shape index (κ2) is 23.8. The van der Waals surface area contributed by atoms with Crippen LogP contribution in [0.5, 0.6) is 0 Å². The van der Waals surface area contributed by atoms with Crippen molar-refractivity contribution in [3.63, 3.8) is 0 Å². The first-order valence-corrected chi connectivity index (χ1v) is 36.8. The fourth-order valence-corrected chi connectivity index (χ4v) is 18.1. The maximum absolute atomic E-state index is 5.34. The molecule has 0 unspecified atom stereocenters. The highest BCUT2D eigenvalue weighted by Gasteiger charge is 2.23. The molecule has 0 saturated heterocycles. The molecule has 0 atom stereocenters. The maximum Gasteiger partial charge on any atom is 0.160 e. The standard InChI is InChI=1S/C52H32N4.C46H27N3S/c1-2-14-37(15-3-1)55-45-21-11-9-18-41(45)42-29-24-36(32-48(42)55)51-43-19-8-10-20-44(43)53-52(54-51)35-22-27-38(28-23-35)56-46-30-25-33-12-4-6-16-39(33)49(46)50-40-17-7-5-13-34(40)26-31-47(50)56;1-3-12-32-28(10-1)22-26-39-42(32)43-33-13-4-2-11-29(33)23-27-40(43)49(39)31-24-20-30(21-25-31)46-47-38-18-7-5-15-36(38)44(48-46)37-17-9-16-35-34-14-6-8-19-41(34)50-45(35)37/h1-32H;1-27H. The predicted molar refractivity (Wildman–Crippen MR) is 447 cm³/mol. The van der Waals surface area contributed by atoms with E-state index in [1.54, 1.807) is 0 Å². The van der Waals surface area contributed by atoms with Gasteiger partial charge in [0.1, 0.15) is 0 Å². The molecule has 6 aromatic heterocycles. The molecule has 8 heteroatoms. The van der Waals surface area contributed by atoms with E-state index in [2.05, 4.69) is 372 Å². The highest BCUT2D eigenvalue weighted by atomic mass is 32.1. The number of nitrogens with zero attached hydrogens (tertiary/aromatic N) is 7. The molecule has 0 amide bonds. The normalized spacial score (nSPS) is 12.0. The molecule has 0 radical (unpaired) electrons. The minimum Gasteiger partial charge on any atom is -0.309 e. The van der Waals surface area contributed by atoms with Crippen LogP contribution in [-0.2, 0) is 0 Å². The first-order valence-electron chi connectivity index (χ1n) is 36.0. The lowest BCUT2D eigenvalue weighted by atomic mass is 10.00. The molecule has 0 aliphatic heterocycles. The zero-order valence-corrected chi connectivity index (χ0v) is 57.9. The molecule has 106 heavy (non-hydrogen) atoms. The quantitative estimate of drug-likeness (QED) is 0.159.